The minimum Gasteiger partial charge on any atom is -0.478 e. The van der Waals surface area contributed by atoms with Crippen molar-refractivity contribution in [3.8, 4) is 5.88 Å². The lowest BCUT2D eigenvalue weighted by atomic mass is 10.0. The second kappa shape index (κ2) is 6.78. The lowest BCUT2D eigenvalue weighted by molar-refractivity contribution is 0.230. The second-order valence-corrected chi connectivity index (χ2v) is 8.20. The summed E-state index contributed by atoms with van der Waals surface area (Å²) in [5.74, 6) is 0.706. The van der Waals surface area contributed by atoms with E-state index in [4.69, 9.17) is 4.74 Å². The van der Waals surface area contributed by atoms with Crippen molar-refractivity contribution in [1.29, 1.82) is 0 Å². The van der Waals surface area contributed by atoms with Gasteiger partial charge in [0, 0.05) is 25.6 Å². The molecule has 2 aromatic rings. The Bertz CT molecular complexity index is 853. The predicted molar refractivity (Wildman–Crippen MR) is 92.8 cm³/mol. The van der Waals surface area contributed by atoms with Crippen LogP contribution in [-0.4, -0.2) is 31.3 Å². The molecule has 2 aliphatic rings. The van der Waals surface area contributed by atoms with Crippen LogP contribution in [0.1, 0.15) is 29.7 Å². The molecule has 1 aromatic heterocycles. The first kappa shape index (κ1) is 16.6. The third kappa shape index (κ3) is 3.56. The molecular formula is C17H22N4O3S. The van der Waals surface area contributed by atoms with Crippen molar-refractivity contribution in [2.75, 3.05) is 13.2 Å². The standard InChI is InChI=1S/C17H22N4O3S/c22-25(23,16-5-4-14-11-18-6-1-3-13(14)9-16)19-12-15-10-17-21(20-15)7-2-8-24-17/h4-5,9-10,18-19H,1-3,6-8,11-12H2. The molecule has 7 nitrogen and oxygen atoms in total. The first-order valence-corrected chi connectivity index (χ1v) is 10.1. The van der Waals surface area contributed by atoms with Crippen LogP contribution in [-0.2, 0) is 36.1 Å². The first-order chi connectivity index (χ1) is 12.1. The summed E-state index contributed by atoms with van der Waals surface area (Å²) in [5.41, 5.74) is 2.95. The van der Waals surface area contributed by atoms with Gasteiger partial charge in [-0.1, -0.05) is 6.07 Å². The van der Waals surface area contributed by atoms with Crippen LogP contribution in [0.15, 0.2) is 29.2 Å². The van der Waals surface area contributed by atoms with E-state index in [0.29, 0.717) is 23.1 Å². The molecule has 0 spiro atoms. The van der Waals surface area contributed by atoms with Gasteiger partial charge < -0.3 is 10.1 Å². The van der Waals surface area contributed by atoms with Gasteiger partial charge in [0.1, 0.15) is 0 Å². The van der Waals surface area contributed by atoms with E-state index >= 15 is 0 Å². The lowest BCUT2D eigenvalue weighted by Gasteiger charge is -2.13. The number of nitrogens with one attached hydrogen (secondary N) is 2. The van der Waals surface area contributed by atoms with Crippen molar-refractivity contribution in [1.82, 2.24) is 19.8 Å². The zero-order valence-electron chi connectivity index (χ0n) is 14.0. The molecule has 2 aliphatic heterocycles. The largest absolute Gasteiger partial charge is 0.478 e. The molecular weight excluding hydrogens is 340 g/mol. The Morgan fingerprint density at radius 2 is 2.16 bits per heavy atom. The Morgan fingerprint density at radius 1 is 1.24 bits per heavy atom. The predicted octanol–water partition coefficient (Wildman–Crippen LogP) is 1.18. The molecule has 0 aliphatic carbocycles. The number of fused-ring (bicyclic) bond motifs is 2. The Morgan fingerprint density at radius 3 is 3.04 bits per heavy atom. The van der Waals surface area contributed by atoms with Crippen molar-refractivity contribution in [3.63, 3.8) is 0 Å². The highest BCUT2D eigenvalue weighted by molar-refractivity contribution is 7.89. The number of aryl methyl sites for hydroxylation is 2. The highest BCUT2D eigenvalue weighted by atomic mass is 32.2. The van der Waals surface area contributed by atoms with E-state index in [1.54, 1.807) is 22.9 Å². The van der Waals surface area contributed by atoms with Gasteiger partial charge in [-0.05, 0) is 42.6 Å². The van der Waals surface area contributed by atoms with Crippen molar-refractivity contribution >= 4 is 10.0 Å². The highest BCUT2D eigenvalue weighted by Crippen LogP contribution is 2.21. The fourth-order valence-electron chi connectivity index (χ4n) is 3.26. The van der Waals surface area contributed by atoms with Gasteiger partial charge in [-0.2, -0.15) is 5.10 Å². The zero-order valence-corrected chi connectivity index (χ0v) is 14.8. The quantitative estimate of drug-likeness (QED) is 0.853. The van der Waals surface area contributed by atoms with E-state index in [2.05, 4.69) is 15.1 Å². The summed E-state index contributed by atoms with van der Waals surface area (Å²) in [5, 5.41) is 7.73. The maximum atomic E-state index is 12.6. The smallest absolute Gasteiger partial charge is 0.240 e. The normalized spacial score (nSPS) is 17.3. The van der Waals surface area contributed by atoms with Gasteiger partial charge in [-0.25, -0.2) is 17.8 Å². The van der Waals surface area contributed by atoms with Gasteiger partial charge >= 0.3 is 0 Å². The van der Waals surface area contributed by atoms with E-state index in [1.165, 1.54) is 5.56 Å². The third-order valence-corrected chi connectivity index (χ3v) is 6.00. The molecule has 0 saturated carbocycles. The summed E-state index contributed by atoms with van der Waals surface area (Å²) in [6.07, 6.45) is 2.84. The fraction of sp³-hybridized carbons (Fsp3) is 0.471. The average molecular weight is 362 g/mol. The summed E-state index contributed by atoms with van der Waals surface area (Å²) in [6.45, 7) is 3.40. The minimum absolute atomic E-state index is 0.157. The van der Waals surface area contributed by atoms with E-state index < -0.39 is 10.0 Å². The van der Waals surface area contributed by atoms with E-state index in [1.807, 2.05) is 6.07 Å². The third-order valence-electron chi connectivity index (χ3n) is 4.60. The molecule has 134 valence electrons. The maximum absolute atomic E-state index is 12.6. The molecule has 25 heavy (non-hydrogen) atoms. The molecule has 0 bridgehead atoms. The average Bonchev–Trinajstić information content (AvgIpc) is 2.89. The summed E-state index contributed by atoms with van der Waals surface area (Å²) in [4.78, 5) is 0.313. The van der Waals surface area contributed by atoms with Gasteiger partial charge in [0.15, 0.2) is 0 Å². The summed E-state index contributed by atoms with van der Waals surface area (Å²) < 4.78 is 35.2. The molecule has 4 rings (SSSR count). The van der Waals surface area contributed by atoms with Crippen LogP contribution in [0.25, 0.3) is 0 Å². The van der Waals surface area contributed by atoms with Crippen LogP contribution in [0.3, 0.4) is 0 Å². The topological polar surface area (TPSA) is 85.2 Å². The van der Waals surface area contributed by atoms with Crippen LogP contribution in [0, 0.1) is 0 Å². The molecule has 0 fully saturated rings. The number of aromatic nitrogens is 2. The highest BCUT2D eigenvalue weighted by Gasteiger charge is 2.19. The monoisotopic (exact) mass is 362 g/mol. The molecule has 0 saturated heterocycles. The van der Waals surface area contributed by atoms with Gasteiger partial charge in [0.25, 0.3) is 0 Å². The van der Waals surface area contributed by atoms with Crippen molar-refractivity contribution < 1.29 is 13.2 Å². The Labute approximate surface area is 147 Å². The Kier molecular flexibility index (Phi) is 4.49. The molecule has 0 unspecified atom stereocenters. The van der Waals surface area contributed by atoms with Crippen LogP contribution >= 0.6 is 0 Å². The minimum atomic E-state index is -3.57. The van der Waals surface area contributed by atoms with Crippen LogP contribution in [0.2, 0.25) is 0 Å². The number of hydrogen-bond acceptors (Lipinski definition) is 5. The van der Waals surface area contributed by atoms with Crippen molar-refractivity contribution in [2.24, 2.45) is 0 Å². The lowest BCUT2D eigenvalue weighted by Crippen LogP contribution is -2.24. The van der Waals surface area contributed by atoms with Crippen LogP contribution in [0.5, 0.6) is 5.88 Å². The number of sulfonamides is 1. The molecule has 1 aromatic carbocycles. The molecule has 0 atom stereocenters. The van der Waals surface area contributed by atoms with Crippen molar-refractivity contribution in [3.05, 3.63) is 41.1 Å². The SMILES string of the molecule is O=S(=O)(NCc1cc2n(n1)CCCO2)c1ccc2c(c1)CCCNC2. The summed E-state index contributed by atoms with van der Waals surface area (Å²) in [6, 6.07) is 7.18. The number of hydrogen-bond donors (Lipinski definition) is 2. The van der Waals surface area contributed by atoms with E-state index in [9.17, 15) is 8.42 Å². The summed E-state index contributed by atoms with van der Waals surface area (Å²) in [7, 11) is -3.57. The van der Waals surface area contributed by atoms with Gasteiger partial charge in [0.05, 0.1) is 23.7 Å². The fourth-order valence-corrected chi connectivity index (χ4v) is 4.31. The van der Waals surface area contributed by atoms with E-state index in [0.717, 1.165) is 44.5 Å². The molecule has 3 heterocycles. The first-order valence-electron chi connectivity index (χ1n) is 8.63. The number of nitrogens with zero attached hydrogens (tertiary/aromatic N) is 2. The molecule has 8 heteroatoms. The number of ether oxygens (including phenoxy) is 1. The molecule has 2 N–H and O–H groups in total. The van der Waals surface area contributed by atoms with Gasteiger partial charge in [-0.3, -0.25) is 0 Å². The molecule has 0 amide bonds. The van der Waals surface area contributed by atoms with Crippen LogP contribution < -0.4 is 14.8 Å². The zero-order chi connectivity index (χ0) is 17.3. The van der Waals surface area contributed by atoms with Gasteiger partial charge in [0.2, 0.25) is 15.9 Å². The maximum Gasteiger partial charge on any atom is 0.240 e. The second-order valence-electron chi connectivity index (χ2n) is 6.43. The number of benzene rings is 1. The Hall–Kier alpha value is -1.90. The Balaban J connectivity index is 1.50. The van der Waals surface area contributed by atoms with Gasteiger partial charge in [-0.15, -0.1) is 0 Å². The van der Waals surface area contributed by atoms with E-state index in [-0.39, 0.29) is 6.54 Å². The van der Waals surface area contributed by atoms with Crippen LogP contribution in [0.4, 0.5) is 0 Å². The van der Waals surface area contributed by atoms with Crippen molar-refractivity contribution in [2.45, 2.75) is 43.8 Å². The molecule has 0 radical (unpaired) electrons. The summed E-state index contributed by atoms with van der Waals surface area (Å²) >= 11 is 0. The number of rotatable bonds is 4.